The van der Waals surface area contributed by atoms with Gasteiger partial charge in [0.05, 0.1) is 0 Å². The number of piperidine rings is 1. The van der Waals surface area contributed by atoms with Crippen molar-refractivity contribution in [3.05, 3.63) is 65.9 Å². The molecule has 3 heteroatoms. The Morgan fingerprint density at radius 1 is 1.00 bits per heavy atom. The van der Waals surface area contributed by atoms with Crippen molar-refractivity contribution in [3.63, 3.8) is 0 Å². The van der Waals surface area contributed by atoms with Crippen LogP contribution >= 0.6 is 0 Å². The Labute approximate surface area is 162 Å². The zero-order valence-electron chi connectivity index (χ0n) is 16.8. The van der Waals surface area contributed by atoms with Gasteiger partial charge in [0, 0.05) is 53.4 Å². The van der Waals surface area contributed by atoms with Crippen LogP contribution in [-0.2, 0) is 12.0 Å². The van der Waals surface area contributed by atoms with Crippen LogP contribution in [0.2, 0.25) is 0 Å². The molecular weight excluding hydrogens is 330 g/mol. The Morgan fingerprint density at radius 3 is 2.44 bits per heavy atom. The van der Waals surface area contributed by atoms with Gasteiger partial charge in [-0.15, -0.1) is 0 Å². The summed E-state index contributed by atoms with van der Waals surface area (Å²) in [4.78, 5) is 6.13. The molecule has 142 valence electrons. The molecule has 1 fully saturated rings. The smallest absolute Gasteiger partial charge is 0.0457 e. The molecule has 0 radical (unpaired) electrons. The number of aromatic nitrogens is 1. The van der Waals surface area contributed by atoms with E-state index in [1.807, 2.05) is 0 Å². The number of likely N-dealkylation sites (tertiary alicyclic amines) is 1. The number of benzene rings is 2. The van der Waals surface area contributed by atoms with Crippen LogP contribution in [-0.4, -0.2) is 29.0 Å². The highest BCUT2D eigenvalue weighted by Gasteiger charge is 2.20. The maximum absolute atomic E-state index is 3.76. The van der Waals surface area contributed by atoms with Crippen LogP contribution in [0.25, 0.3) is 10.9 Å². The molecule has 3 nitrogen and oxygen atoms in total. The average molecular weight is 362 g/mol. The fraction of sp³-hybridized carbons (Fsp3) is 0.417. The van der Waals surface area contributed by atoms with Crippen LogP contribution < -0.4 is 5.32 Å². The van der Waals surface area contributed by atoms with Gasteiger partial charge < -0.3 is 10.3 Å². The van der Waals surface area contributed by atoms with Gasteiger partial charge in [-0.2, -0.15) is 0 Å². The second kappa shape index (κ2) is 7.40. The van der Waals surface area contributed by atoms with Crippen LogP contribution in [0.5, 0.6) is 0 Å². The maximum Gasteiger partial charge on any atom is 0.0457 e. The number of rotatable bonds is 4. The lowest BCUT2D eigenvalue weighted by atomic mass is 9.92. The zero-order valence-corrected chi connectivity index (χ0v) is 16.8. The second-order valence-electron chi connectivity index (χ2n) is 8.92. The van der Waals surface area contributed by atoms with Crippen LogP contribution in [0.15, 0.2) is 54.6 Å². The summed E-state index contributed by atoms with van der Waals surface area (Å²) >= 11 is 0. The van der Waals surface area contributed by atoms with Gasteiger partial charge in [0.15, 0.2) is 0 Å². The molecular formula is C24H31N3. The molecule has 1 aromatic heterocycles. The lowest BCUT2D eigenvalue weighted by molar-refractivity contribution is 0.211. The zero-order chi connectivity index (χ0) is 18.9. The number of nitrogens with one attached hydrogen (secondary N) is 2. The van der Waals surface area contributed by atoms with E-state index in [9.17, 15) is 0 Å². The van der Waals surface area contributed by atoms with Gasteiger partial charge in [0.2, 0.25) is 0 Å². The molecule has 0 aliphatic carbocycles. The van der Waals surface area contributed by atoms with Crippen molar-refractivity contribution in [2.24, 2.45) is 0 Å². The standard InChI is InChI=1S/C24H31N3/c1-24(2,3)23-16-19-15-21(9-10-22(19)26-23)25-20-11-13-27(14-12-20)17-18-7-5-4-6-8-18/h4-10,15-16,20,25-26H,11-14,17H2,1-3H3. The summed E-state index contributed by atoms with van der Waals surface area (Å²) in [6, 6.07) is 20.4. The number of hydrogen-bond acceptors (Lipinski definition) is 2. The largest absolute Gasteiger partial charge is 0.382 e. The third-order valence-electron chi connectivity index (χ3n) is 5.64. The molecule has 2 heterocycles. The predicted molar refractivity (Wildman–Crippen MR) is 115 cm³/mol. The first-order valence-electron chi connectivity index (χ1n) is 10.1. The summed E-state index contributed by atoms with van der Waals surface area (Å²) in [6.07, 6.45) is 2.40. The highest BCUT2D eigenvalue weighted by Crippen LogP contribution is 2.28. The first-order chi connectivity index (χ1) is 13.0. The normalized spacial score (nSPS) is 16.7. The fourth-order valence-corrected chi connectivity index (χ4v) is 3.94. The first kappa shape index (κ1) is 18.1. The molecule has 0 atom stereocenters. The Kier molecular flexibility index (Phi) is 4.96. The Hall–Kier alpha value is -2.26. The highest BCUT2D eigenvalue weighted by molar-refractivity contribution is 5.84. The van der Waals surface area contributed by atoms with Gasteiger partial charge in [-0.3, -0.25) is 4.90 Å². The molecule has 1 aliphatic heterocycles. The van der Waals surface area contributed by atoms with Gasteiger partial charge in [0.1, 0.15) is 0 Å². The predicted octanol–water partition coefficient (Wildman–Crippen LogP) is 5.54. The Balaban J connectivity index is 1.36. The maximum atomic E-state index is 3.76. The van der Waals surface area contributed by atoms with Gasteiger partial charge in [-0.1, -0.05) is 51.1 Å². The van der Waals surface area contributed by atoms with Gasteiger partial charge in [-0.25, -0.2) is 0 Å². The Bertz CT molecular complexity index is 881. The second-order valence-corrected chi connectivity index (χ2v) is 8.92. The SMILES string of the molecule is CC(C)(C)c1cc2cc(NC3CCN(Cc4ccccc4)CC3)ccc2[nH]1. The topological polar surface area (TPSA) is 31.1 Å². The van der Waals surface area contributed by atoms with E-state index in [-0.39, 0.29) is 5.41 Å². The third-order valence-corrected chi connectivity index (χ3v) is 5.64. The molecule has 0 saturated carbocycles. The number of H-pyrrole nitrogens is 1. The molecule has 0 unspecified atom stereocenters. The minimum Gasteiger partial charge on any atom is -0.382 e. The van der Waals surface area contributed by atoms with Crippen molar-refractivity contribution in [3.8, 4) is 0 Å². The molecule has 2 aromatic carbocycles. The van der Waals surface area contributed by atoms with Gasteiger partial charge in [-0.05, 0) is 42.7 Å². The van der Waals surface area contributed by atoms with Crippen molar-refractivity contribution in [1.29, 1.82) is 0 Å². The van der Waals surface area contributed by atoms with Crippen molar-refractivity contribution in [2.45, 2.75) is 51.6 Å². The first-order valence-corrected chi connectivity index (χ1v) is 10.1. The molecule has 1 aliphatic rings. The Morgan fingerprint density at radius 2 is 1.74 bits per heavy atom. The summed E-state index contributed by atoms with van der Waals surface area (Å²) in [7, 11) is 0. The third kappa shape index (κ3) is 4.36. The highest BCUT2D eigenvalue weighted by atomic mass is 15.1. The van der Waals surface area contributed by atoms with Gasteiger partial charge >= 0.3 is 0 Å². The number of nitrogens with zero attached hydrogens (tertiary/aromatic N) is 1. The summed E-state index contributed by atoms with van der Waals surface area (Å²) in [5.41, 5.74) is 5.32. The molecule has 4 rings (SSSR count). The molecule has 27 heavy (non-hydrogen) atoms. The molecule has 0 bridgehead atoms. The monoisotopic (exact) mass is 361 g/mol. The van der Waals surface area contributed by atoms with Crippen LogP contribution in [0.1, 0.15) is 44.9 Å². The van der Waals surface area contributed by atoms with E-state index in [1.165, 1.54) is 40.7 Å². The van der Waals surface area contributed by atoms with Crippen LogP contribution in [0.4, 0.5) is 5.69 Å². The summed E-state index contributed by atoms with van der Waals surface area (Å²) in [6.45, 7) is 10.1. The number of aromatic amines is 1. The van der Waals surface area contributed by atoms with E-state index >= 15 is 0 Å². The molecule has 3 aromatic rings. The van der Waals surface area contributed by atoms with Crippen LogP contribution in [0, 0.1) is 0 Å². The van der Waals surface area contributed by atoms with Crippen molar-refractivity contribution in [1.82, 2.24) is 9.88 Å². The van der Waals surface area contributed by atoms with E-state index in [2.05, 4.69) is 90.6 Å². The fourth-order valence-electron chi connectivity index (χ4n) is 3.94. The average Bonchev–Trinajstić information content (AvgIpc) is 3.08. The van der Waals surface area contributed by atoms with Gasteiger partial charge in [0.25, 0.3) is 0 Å². The molecule has 2 N–H and O–H groups in total. The van der Waals surface area contributed by atoms with Crippen molar-refractivity contribution < 1.29 is 0 Å². The number of fused-ring (bicyclic) bond motifs is 1. The van der Waals surface area contributed by atoms with E-state index in [0.717, 1.165) is 19.6 Å². The van der Waals surface area contributed by atoms with E-state index in [4.69, 9.17) is 0 Å². The van der Waals surface area contributed by atoms with E-state index < -0.39 is 0 Å². The minimum atomic E-state index is 0.151. The summed E-state index contributed by atoms with van der Waals surface area (Å²) in [5, 5.41) is 5.06. The lowest BCUT2D eigenvalue weighted by Gasteiger charge is -2.33. The van der Waals surface area contributed by atoms with E-state index in [0.29, 0.717) is 6.04 Å². The lowest BCUT2D eigenvalue weighted by Crippen LogP contribution is -2.38. The molecule has 0 amide bonds. The van der Waals surface area contributed by atoms with E-state index in [1.54, 1.807) is 0 Å². The minimum absolute atomic E-state index is 0.151. The molecule has 0 spiro atoms. The summed E-state index contributed by atoms with van der Waals surface area (Å²) in [5.74, 6) is 0. The van der Waals surface area contributed by atoms with Crippen molar-refractivity contribution >= 4 is 16.6 Å². The number of anilines is 1. The quantitative estimate of drug-likeness (QED) is 0.639. The number of hydrogen-bond donors (Lipinski definition) is 2. The summed E-state index contributed by atoms with van der Waals surface area (Å²) < 4.78 is 0. The van der Waals surface area contributed by atoms with Crippen LogP contribution in [0.3, 0.4) is 0 Å². The molecule has 1 saturated heterocycles. The van der Waals surface area contributed by atoms with Crippen molar-refractivity contribution in [2.75, 3.05) is 18.4 Å².